The molecule has 0 amide bonds. The highest BCUT2D eigenvalue weighted by Crippen LogP contribution is 2.08. The number of aryl methyl sites for hydroxylation is 1. The van der Waals surface area contributed by atoms with Crippen LogP contribution >= 0.6 is 0 Å². The Kier molecular flexibility index (Phi) is 4.31. The van der Waals surface area contributed by atoms with Crippen molar-refractivity contribution in [1.82, 2.24) is 5.32 Å². The maximum atomic E-state index is 10.8. The van der Waals surface area contributed by atoms with Crippen molar-refractivity contribution in [2.24, 2.45) is 0 Å². The highest BCUT2D eigenvalue weighted by Gasteiger charge is 2.14. The van der Waals surface area contributed by atoms with Gasteiger partial charge in [-0.1, -0.05) is 31.2 Å². The summed E-state index contributed by atoms with van der Waals surface area (Å²) >= 11 is 0. The zero-order valence-electron chi connectivity index (χ0n) is 9.16. The number of carboxylic acids is 1. The molecular weight excluding hydrogens is 190 g/mol. The molecule has 0 aliphatic heterocycles. The molecule has 0 spiro atoms. The van der Waals surface area contributed by atoms with E-state index in [-0.39, 0.29) is 0 Å². The first-order valence-corrected chi connectivity index (χ1v) is 5.15. The summed E-state index contributed by atoms with van der Waals surface area (Å²) in [5, 5.41) is 11.7. The number of hydrogen-bond donors (Lipinski definition) is 2. The van der Waals surface area contributed by atoms with Gasteiger partial charge in [-0.25, -0.2) is 0 Å². The van der Waals surface area contributed by atoms with E-state index in [2.05, 4.69) is 24.4 Å². The van der Waals surface area contributed by atoms with Crippen molar-refractivity contribution < 1.29 is 9.90 Å². The molecule has 0 bridgehead atoms. The molecule has 1 aromatic carbocycles. The Labute approximate surface area is 90.1 Å². The molecule has 1 atom stereocenters. The molecule has 15 heavy (non-hydrogen) atoms. The van der Waals surface area contributed by atoms with Crippen molar-refractivity contribution in [2.75, 3.05) is 7.05 Å². The van der Waals surface area contributed by atoms with Crippen LogP contribution in [0.2, 0.25) is 0 Å². The molecule has 0 fully saturated rings. The van der Waals surface area contributed by atoms with E-state index in [4.69, 9.17) is 5.11 Å². The summed E-state index contributed by atoms with van der Waals surface area (Å²) in [6, 6.07) is 7.55. The van der Waals surface area contributed by atoms with E-state index >= 15 is 0 Å². The Hall–Kier alpha value is -1.35. The third kappa shape index (κ3) is 3.36. The van der Waals surface area contributed by atoms with Crippen LogP contribution in [-0.4, -0.2) is 24.2 Å². The van der Waals surface area contributed by atoms with E-state index in [1.165, 1.54) is 5.56 Å². The lowest BCUT2D eigenvalue weighted by molar-refractivity contribution is -0.139. The lowest BCUT2D eigenvalue weighted by Gasteiger charge is -2.11. The lowest BCUT2D eigenvalue weighted by Crippen LogP contribution is -2.35. The van der Waals surface area contributed by atoms with Crippen LogP contribution < -0.4 is 5.32 Å². The van der Waals surface area contributed by atoms with Crippen LogP contribution in [0.5, 0.6) is 0 Å². The molecule has 3 nitrogen and oxygen atoms in total. The van der Waals surface area contributed by atoms with Gasteiger partial charge in [0.15, 0.2) is 0 Å². The second kappa shape index (κ2) is 5.51. The topological polar surface area (TPSA) is 49.3 Å². The van der Waals surface area contributed by atoms with Crippen molar-refractivity contribution in [3.63, 3.8) is 0 Å². The van der Waals surface area contributed by atoms with Crippen molar-refractivity contribution in [3.8, 4) is 0 Å². The Bertz CT molecular complexity index is 336. The molecule has 0 saturated heterocycles. The minimum atomic E-state index is -0.806. The van der Waals surface area contributed by atoms with Gasteiger partial charge in [0.2, 0.25) is 0 Å². The zero-order valence-corrected chi connectivity index (χ0v) is 9.16. The van der Waals surface area contributed by atoms with Crippen molar-refractivity contribution in [3.05, 3.63) is 35.4 Å². The van der Waals surface area contributed by atoms with E-state index in [0.29, 0.717) is 6.42 Å². The number of aliphatic carboxylic acids is 1. The molecule has 0 aliphatic carbocycles. The summed E-state index contributed by atoms with van der Waals surface area (Å²) in [5.74, 6) is -0.806. The van der Waals surface area contributed by atoms with Crippen LogP contribution in [0.4, 0.5) is 0 Å². The number of likely N-dealkylation sites (N-methyl/N-ethyl adjacent to an activating group) is 1. The predicted molar refractivity (Wildman–Crippen MR) is 60.0 cm³/mol. The number of rotatable bonds is 5. The van der Waals surface area contributed by atoms with Crippen LogP contribution in [-0.2, 0) is 17.6 Å². The average molecular weight is 207 g/mol. The summed E-state index contributed by atoms with van der Waals surface area (Å²) in [7, 11) is 1.67. The predicted octanol–water partition coefficient (Wildman–Crippen LogP) is 1.46. The van der Waals surface area contributed by atoms with Gasteiger partial charge in [0.25, 0.3) is 0 Å². The smallest absolute Gasteiger partial charge is 0.321 e. The summed E-state index contributed by atoms with van der Waals surface area (Å²) in [6.07, 6.45) is 1.50. The fraction of sp³-hybridized carbons (Fsp3) is 0.417. The van der Waals surface area contributed by atoms with Crippen LogP contribution in [0, 0.1) is 0 Å². The maximum Gasteiger partial charge on any atom is 0.321 e. The SMILES string of the molecule is CCc1cccc(C[C@H](NC)C(=O)O)c1. The first-order chi connectivity index (χ1) is 7.17. The minimum Gasteiger partial charge on any atom is -0.480 e. The third-order valence-electron chi connectivity index (χ3n) is 2.49. The molecule has 0 aliphatic rings. The molecular formula is C12H17NO2. The molecule has 82 valence electrons. The first-order valence-electron chi connectivity index (χ1n) is 5.15. The van der Waals surface area contributed by atoms with Gasteiger partial charge in [0, 0.05) is 0 Å². The number of benzene rings is 1. The zero-order chi connectivity index (χ0) is 11.3. The highest BCUT2D eigenvalue weighted by atomic mass is 16.4. The van der Waals surface area contributed by atoms with E-state index in [9.17, 15) is 4.79 Å². The van der Waals surface area contributed by atoms with Crippen molar-refractivity contribution in [1.29, 1.82) is 0 Å². The molecule has 0 saturated carbocycles. The van der Waals surface area contributed by atoms with Gasteiger partial charge in [0.1, 0.15) is 6.04 Å². The molecule has 2 N–H and O–H groups in total. The van der Waals surface area contributed by atoms with Gasteiger partial charge in [-0.3, -0.25) is 4.79 Å². The summed E-state index contributed by atoms with van der Waals surface area (Å²) < 4.78 is 0. The lowest BCUT2D eigenvalue weighted by atomic mass is 10.0. The van der Waals surface area contributed by atoms with E-state index < -0.39 is 12.0 Å². The number of hydrogen-bond acceptors (Lipinski definition) is 2. The maximum absolute atomic E-state index is 10.8. The Morgan fingerprint density at radius 1 is 1.47 bits per heavy atom. The Morgan fingerprint density at radius 3 is 2.67 bits per heavy atom. The first kappa shape index (κ1) is 11.7. The molecule has 0 heterocycles. The Balaban J connectivity index is 2.74. The standard InChI is InChI=1S/C12H17NO2/c1-3-9-5-4-6-10(7-9)8-11(13-2)12(14)15/h4-7,11,13H,3,8H2,1-2H3,(H,14,15)/t11-/m0/s1. The van der Waals surface area contributed by atoms with Gasteiger partial charge >= 0.3 is 5.97 Å². The van der Waals surface area contributed by atoms with Crippen molar-refractivity contribution >= 4 is 5.97 Å². The van der Waals surface area contributed by atoms with Gasteiger partial charge in [-0.2, -0.15) is 0 Å². The van der Waals surface area contributed by atoms with Gasteiger partial charge < -0.3 is 10.4 Å². The number of carbonyl (C=O) groups is 1. The summed E-state index contributed by atoms with van der Waals surface area (Å²) in [6.45, 7) is 2.09. The van der Waals surface area contributed by atoms with Crippen LogP contribution in [0.25, 0.3) is 0 Å². The van der Waals surface area contributed by atoms with E-state index in [1.807, 2.05) is 12.1 Å². The summed E-state index contributed by atoms with van der Waals surface area (Å²) in [4.78, 5) is 10.8. The fourth-order valence-electron chi connectivity index (χ4n) is 1.53. The average Bonchev–Trinajstić information content (AvgIpc) is 2.25. The van der Waals surface area contributed by atoms with Crippen LogP contribution in [0.15, 0.2) is 24.3 Å². The normalized spacial score (nSPS) is 12.4. The number of nitrogens with one attached hydrogen (secondary N) is 1. The molecule has 1 rings (SSSR count). The fourth-order valence-corrected chi connectivity index (χ4v) is 1.53. The summed E-state index contributed by atoms with van der Waals surface area (Å²) in [5.41, 5.74) is 2.31. The minimum absolute atomic E-state index is 0.503. The molecule has 0 aromatic heterocycles. The highest BCUT2D eigenvalue weighted by molar-refractivity contribution is 5.73. The molecule has 3 heteroatoms. The van der Waals surface area contributed by atoms with Gasteiger partial charge in [-0.15, -0.1) is 0 Å². The van der Waals surface area contributed by atoms with Gasteiger partial charge in [-0.05, 0) is 31.0 Å². The van der Waals surface area contributed by atoms with Crippen molar-refractivity contribution in [2.45, 2.75) is 25.8 Å². The third-order valence-corrected chi connectivity index (χ3v) is 2.49. The second-order valence-electron chi connectivity index (χ2n) is 3.56. The van der Waals surface area contributed by atoms with Crippen LogP contribution in [0.1, 0.15) is 18.1 Å². The monoisotopic (exact) mass is 207 g/mol. The quantitative estimate of drug-likeness (QED) is 0.768. The molecule has 0 unspecified atom stereocenters. The second-order valence-corrected chi connectivity index (χ2v) is 3.56. The van der Waals surface area contributed by atoms with E-state index in [0.717, 1.165) is 12.0 Å². The number of carboxylic acid groups (broad SMARTS) is 1. The van der Waals surface area contributed by atoms with Gasteiger partial charge in [0.05, 0.1) is 0 Å². The van der Waals surface area contributed by atoms with Crippen LogP contribution in [0.3, 0.4) is 0 Å². The Morgan fingerprint density at radius 2 is 2.13 bits per heavy atom. The molecule has 1 aromatic rings. The molecule has 0 radical (unpaired) electrons. The largest absolute Gasteiger partial charge is 0.480 e. The van der Waals surface area contributed by atoms with E-state index in [1.54, 1.807) is 7.05 Å².